The van der Waals surface area contributed by atoms with Crippen molar-refractivity contribution < 1.29 is 14.3 Å². The van der Waals surface area contributed by atoms with E-state index in [-0.39, 0.29) is 17.7 Å². The minimum absolute atomic E-state index is 0.0197. The Morgan fingerprint density at radius 3 is 2.41 bits per heavy atom. The minimum atomic E-state index is -0.550. The minimum Gasteiger partial charge on any atom is -0.465 e. The number of ether oxygens (including phenoxy) is 1. The monoisotopic (exact) mass is 254 g/mol. The molecule has 0 aliphatic carbocycles. The van der Waals surface area contributed by atoms with Crippen LogP contribution in [0.3, 0.4) is 0 Å². The van der Waals surface area contributed by atoms with Gasteiger partial charge in [-0.25, -0.2) is 4.79 Å². The maximum absolute atomic E-state index is 12.1. The lowest BCUT2D eigenvalue weighted by atomic mass is 9.81. The largest absolute Gasteiger partial charge is 0.465 e. The van der Waals surface area contributed by atoms with E-state index in [0.29, 0.717) is 5.56 Å². The standard InChI is InChI=1S/C13H18O3S/c1-8(2)11(14)13(3,4)10-6-9(7-17-10)12(15)16-5/h6-8H,1-5H3. The van der Waals surface area contributed by atoms with Gasteiger partial charge >= 0.3 is 5.97 Å². The van der Waals surface area contributed by atoms with Crippen LogP contribution in [-0.4, -0.2) is 18.9 Å². The smallest absolute Gasteiger partial charge is 0.338 e. The van der Waals surface area contributed by atoms with Crippen LogP contribution >= 0.6 is 11.3 Å². The molecule has 1 aromatic heterocycles. The molecule has 1 rings (SSSR count). The molecule has 4 heteroatoms. The first-order chi connectivity index (χ1) is 7.80. The average Bonchev–Trinajstić information content (AvgIpc) is 2.76. The van der Waals surface area contributed by atoms with E-state index >= 15 is 0 Å². The molecule has 0 saturated heterocycles. The molecule has 0 fully saturated rings. The van der Waals surface area contributed by atoms with Crippen molar-refractivity contribution in [3.8, 4) is 0 Å². The Kier molecular flexibility index (Phi) is 4.09. The van der Waals surface area contributed by atoms with Crippen molar-refractivity contribution in [3.05, 3.63) is 21.9 Å². The predicted molar refractivity (Wildman–Crippen MR) is 68.5 cm³/mol. The number of rotatable bonds is 4. The maximum Gasteiger partial charge on any atom is 0.338 e. The van der Waals surface area contributed by atoms with Crippen LogP contribution in [0.1, 0.15) is 42.9 Å². The summed E-state index contributed by atoms with van der Waals surface area (Å²) in [4.78, 5) is 24.4. The first-order valence-electron chi connectivity index (χ1n) is 5.52. The van der Waals surface area contributed by atoms with Crippen molar-refractivity contribution in [2.75, 3.05) is 7.11 Å². The maximum atomic E-state index is 12.1. The summed E-state index contributed by atoms with van der Waals surface area (Å²) in [5.41, 5.74) is -0.0393. The zero-order chi connectivity index (χ0) is 13.2. The molecule has 0 amide bonds. The molecule has 17 heavy (non-hydrogen) atoms. The van der Waals surface area contributed by atoms with E-state index in [1.807, 2.05) is 27.7 Å². The van der Waals surface area contributed by atoms with E-state index in [0.717, 1.165) is 4.88 Å². The van der Waals surface area contributed by atoms with Crippen LogP contribution in [0.25, 0.3) is 0 Å². The van der Waals surface area contributed by atoms with Crippen LogP contribution in [-0.2, 0) is 14.9 Å². The second-order valence-corrected chi connectivity index (χ2v) is 5.75. The molecule has 0 radical (unpaired) electrons. The molecular formula is C13H18O3S. The lowest BCUT2D eigenvalue weighted by molar-refractivity contribution is -0.126. The lowest BCUT2D eigenvalue weighted by Gasteiger charge is -2.23. The van der Waals surface area contributed by atoms with Crippen molar-refractivity contribution in [3.63, 3.8) is 0 Å². The van der Waals surface area contributed by atoms with Gasteiger partial charge in [-0.3, -0.25) is 4.79 Å². The van der Waals surface area contributed by atoms with Gasteiger partial charge < -0.3 is 4.74 Å². The number of thiophene rings is 1. The Morgan fingerprint density at radius 1 is 1.35 bits per heavy atom. The zero-order valence-electron chi connectivity index (χ0n) is 10.9. The number of esters is 1. The number of hydrogen-bond donors (Lipinski definition) is 0. The van der Waals surface area contributed by atoms with E-state index in [1.165, 1.54) is 18.4 Å². The van der Waals surface area contributed by atoms with E-state index in [9.17, 15) is 9.59 Å². The van der Waals surface area contributed by atoms with Gasteiger partial charge in [0.1, 0.15) is 5.78 Å². The van der Waals surface area contributed by atoms with Crippen LogP contribution in [0.2, 0.25) is 0 Å². The number of hydrogen-bond acceptors (Lipinski definition) is 4. The fraction of sp³-hybridized carbons (Fsp3) is 0.538. The van der Waals surface area contributed by atoms with Crippen molar-refractivity contribution >= 4 is 23.1 Å². The molecule has 0 aliphatic heterocycles. The third-order valence-corrected chi connectivity index (χ3v) is 4.03. The van der Waals surface area contributed by atoms with Gasteiger partial charge in [-0.2, -0.15) is 0 Å². The Hall–Kier alpha value is -1.16. The summed E-state index contributed by atoms with van der Waals surface area (Å²) in [7, 11) is 1.35. The highest BCUT2D eigenvalue weighted by atomic mass is 32.1. The van der Waals surface area contributed by atoms with Gasteiger partial charge in [0.05, 0.1) is 18.1 Å². The van der Waals surface area contributed by atoms with E-state index in [4.69, 9.17) is 0 Å². The van der Waals surface area contributed by atoms with Gasteiger partial charge in [0, 0.05) is 16.2 Å². The summed E-state index contributed by atoms with van der Waals surface area (Å²) < 4.78 is 4.65. The van der Waals surface area contributed by atoms with Crippen LogP contribution < -0.4 is 0 Å². The molecule has 0 aliphatic rings. The van der Waals surface area contributed by atoms with Crippen molar-refractivity contribution in [2.24, 2.45) is 5.92 Å². The summed E-state index contributed by atoms with van der Waals surface area (Å²) in [5, 5.41) is 1.73. The molecule has 3 nitrogen and oxygen atoms in total. The summed E-state index contributed by atoms with van der Waals surface area (Å²) in [6.07, 6.45) is 0. The average molecular weight is 254 g/mol. The molecule has 0 unspecified atom stereocenters. The molecule has 0 atom stereocenters. The molecule has 0 N–H and O–H groups in total. The highest BCUT2D eigenvalue weighted by Gasteiger charge is 2.33. The van der Waals surface area contributed by atoms with Gasteiger partial charge in [-0.15, -0.1) is 11.3 Å². The summed E-state index contributed by atoms with van der Waals surface area (Å²) >= 11 is 1.42. The van der Waals surface area contributed by atoms with Crippen LogP contribution in [0, 0.1) is 5.92 Å². The normalized spacial score (nSPS) is 11.6. The van der Waals surface area contributed by atoms with Crippen LogP contribution in [0.5, 0.6) is 0 Å². The third kappa shape index (κ3) is 2.75. The second-order valence-electron chi connectivity index (χ2n) is 4.84. The number of ketones is 1. The molecule has 1 aromatic rings. The SMILES string of the molecule is COC(=O)c1csc(C(C)(C)C(=O)C(C)C)c1. The van der Waals surface area contributed by atoms with Gasteiger partial charge in [0.2, 0.25) is 0 Å². The second kappa shape index (κ2) is 5.00. The van der Waals surface area contributed by atoms with Gasteiger partial charge in [-0.1, -0.05) is 13.8 Å². The topological polar surface area (TPSA) is 43.4 Å². The Balaban J connectivity index is 3.04. The predicted octanol–water partition coefficient (Wildman–Crippen LogP) is 3.04. The number of carbonyl (C=O) groups is 2. The quantitative estimate of drug-likeness (QED) is 0.776. The summed E-state index contributed by atoms with van der Waals surface area (Å²) in [6.45, 7) is 7.56. The number of methoxy groups -OCH3 is 1. The lowest BCUT2D eigenvalue weighted by Crippen LogP contribution is -2.31. The Morgan fingerprint density at radius 2 is 1.94 bits per heavy atom. The molecule has 0 spiro atoms. The fourth-order valence-electron chi connectivity index (χ4n) is 1.73. The first-order valence-corrected chi connectivity index (χ1v) is 6.40. The Labute approximate surface area is 106 Å². The molecule has 0 bridgehead atoms. The number of Topliss-reactive ketones (excluding diaryl/α,β-unsaturated/α-hetero) is 1. The van der Waals surface area contributed by atoms with Gasteiger partial charge in [-0.05, 0) is 19.9 Å². The fourth-order valence-corrected chi connectivity index (χ4v) is 2.74. The number of carbonyl (C=O) groups excluding carboxylic acids is 2. The molecule has 1 heterocycles. The van der Waals surface area contributed by atoms with Crippen LogP contribution in [0.4, 0.5) is 0 Å². The summed E-state index contributed by atoms with van der Waals surface area (Å²) in [6, 6.07) is 1.75. The van der Waals surface area contributed by atoms with Crippen molar-refractivity contribution in [1.82, 2.24) is 0 Å². The van der Waals surface area contributed by atoms with Crippen molar-refractivity contribution in [1.29, 1.82) is 0 Å². The molecule has 94 valence electrons. The van der Waals surface area contributed by atoms with E-state index in [2.05, 4.69) is 4.74 Å². The third-order valence-electron chi connectivity index (χ3n) is 2.78. The van der Waals surface area contributed by atoms with Crippen LogP contribution in [0.15, 0.2) is 11.4 Å². The van der Waals surface area contributed by atoms with Gasteiger partial charge in [0.15, 0.2) is 0 Å². The summed E-state index contributed by atoms with van der Waals surface area (Å²) in [5.74, 6) is -0.204. The Bertz CT molecular complexity index is 430. The molecule has 0 saturated carbocycles. The first kappa shape index (κ1) is 13.9. The van der Waals surface area contributed by atoms with Gasteiger partial charge in [0.25, 0.3) is 0 Å². The highest BCUT2D eigenvalue weighted by molar-refractivity contribution is 7.10. The molecule has 0 aromatic carbocycles. The highest BCUT2D eigenvalue weighted by Crippen LogP contribution is 2.32. The van der Waals surface area contributed by atoms with E-state index in [1.54, 1.807) is 11.4 Å². The zero-order valence-corrected chi connectivity index (χ0v) is 11.7. The van der Waals surface area contributed by atoms with Crippen molar-refractivity contribution in [2.45, 2.75) is 33.1 Å². The molecular weight excluding hydrogens is 236 g/mol. The van der Waals surface area contributed by atoms with E-state index < -0.39 is 5.41 Å².